The molecule has 0 bridgehead atoms. The number of carbonyl (C=O) groups excluding carboxylic acids is 1. The third kappa shape index (κ3) is 2.90. The molecule has 1 unspecified atom stereocenters. The zero-order valence-corrected chi connectivity index (χ0v) is 9.31. The maximum Gasteiger partial charge on any atom is 0.247 e. The van der Waals surface area contributed by atoms with Gasteiger partial charge in [0, 0.05) is 11.1 Å². The third-order valence-corrected chi connectivity index (χ3v) is 3.18. The van der Waals surface area contributed by atoms with Crippen LogP contribution in [0.5, 0.6) is 0 Å². The van der Waals surface area contributed by atoms with Crippen molar-refractivity contribution in [3.63, 3.8) is 0 Å². The van der Waals surface area contributed by atoms with Crippen LogP contribution in [0.3, 0.4) is 0 Å². The smallest absolute Gasteiger partial charge is 0.247 e. The van der Waals surface area contributed by atoms with Gasteiger partial charge in [0.05, 0.1) is 5.25 Å². The second-order valence-electron chi connectivity index (χ2n) is 2.60. The first-order valence-corrected chi connectivity index (χ1v) is 5.29. The van der Waals surface area contributed by atoms with E-state index in [1.807, 2.05) is 6.07 Å². The van der Waals surface area contributed by atoms with E-state index in [2.05, 4.69) is 23.0 Å². The Morgan fingerprint density at radius 1 is 1.79 bits per heavy atom. The third-order valence-electron chi connectivity index (χ3n) is 1.55. The average Bonchev–Trinajstić information content (AvgIpc) is 2.20. The molecule has 0 aliphatic carbocycles. The molecule has 76 valence electrons. The fraction of sp³-hybridized carbons (Fsp3) is 0.250. The number of hydrogen-bond acceptors (Lipinski definition) is 5. The van der Waals surface area contributed by atoms with Gasteiger partial charge >= 0.3 is 0 Å². The van der Waals surface area contributed by atoms with Crippen LogP contribution in [0.15, 0.2) is 28.3 Å². The van der Waals surface area contributed by atoms with Gasteiger partial charge in [-0.3, -0.25) is 10.2 Å². The highest BCUT2D eigenvalue weighted by atomic mass is 32.2. The predicted molar refractivity (Wildman–Crippen MR) is 59.1 cm³/mol. The van der Waals surface area contributed by atoms with Crippen molar-refractivity contribution in [3.8, 4) is 0 Å². The lowest BCUT2D eigenvalue weighted by Gasteiger charge is -2.09. The molecule has 1 amide bonds. The Kier molecular flexibility index (Phi) is 4.24. The van der Waals surface area contributed by atoms with Crippen LogP contribution in [-0.4, -0.2) is 16.1 Å². The Labute approximate surface area is 92.0 Å². The predicted octanol–water partition coefficient (Wildman–Crippen LogP) is 0.841. The number of hydrogen-bond donors (Lipinski definition) is 3. The van der Waals surface area contributed by atoms with Gasteiger partial charge in [-0.05, 0) is 19.1 Å². The SMILES string of the molecule is CC(Sc1ncccc1S)C(=O)NN. The monoisotopic (exact) mass is 229 g/mol. The topological polar surface area (TPSA) is 68.0 Å². The Morgan fingerprint density at radius 2 is 2.50 bits per heavy atom. The normalized spacial score (nSPS) is 12.2. The van der Waals surface area contributed by atoms with E-state index < -0.39 is 0 Å². The zero-order valence-electron chi connectivity index (χ0n) is 7.60. The molecule has 0 fully saturated rings. The molecular formula is C8H11N3OS2. The summed E-state index contributed by atoms with van der Waals surface area (Å²) < 4.78 is 0. The van der Waals surface area contributed by atoms with Gasteiger partial charge in [0.15, 0.2) is 0 Å². The van der Waals surface area contributed by atoms with Crippen LogP contribution in [0, 0.1) is 0 Å². The largest absolute Gasteiger partial charge is 0.293 e. The van der Waals surface area contributed by atoms with Crippen LogP contribution in [0.1, 0.15) is 6.92 Å². The number of pyridine rings is 1. The summed E-state index contributed by atoms with van der Waals surface area (Å²) in [4.78, 5) is 16.0. The molecule has 0 saturated carbocycles. The highest BCUT2D eigenvalue weighted by Crippen LogP contribution is 2.26. The van der Waals surface area contributed by atoms with E-state index in [-0.39, 0.29) is 11.2 Å². The highest BCUT2D eigenvalue weighted by molar-refractivity contribution is 8.00. The lowest BCUT2D eigenvalue weighted by atomic mass is 10.5. The quantitative estimate of drug-likeness (QED) is 0.236. The van der Waals surface area contributed by atoms with Crippen LogP contribution in [0.4, 0.5) is 0 Å². The Morgan fingerprint density at radius 3 is 3.07 bits per heavy atom. The number of nitrogens with one attached hydrogen (secondary N) is 1. The number of nitrogens with zero attached hydrogens (tertiary/aromatic N) is 1. The number of amides is 1. The van der Waals surface area contributed by atoms with Gasteiger partial charge in [-0.15, -0.1) is 12.6 Å². The van der Waals surface area contributed by atoms with Gasteiger partial charge in [0.1, 0.15) is 5.03 Å². The summed E-state index contributed by atoms with van der Waals surface area (Å²) in [5, 5.41) is 0.452. The van der Waals surface area contributed by atoms with Crippen LogP contribution < -0.4 is 11.3 Å². The van der Waals surface area contributed by atoms with Gasteiger partial charge in [0.25, 0.3) is 0 Å². The fourth-order valence-corrected chi connectivity index (χ4v) is 1.93. The number of thioether (sulfide) groups is 1. The van der Waals surface area contributed by atoms with Gasteiger partial charge < -0.3 is 0 Å². The standard InChI is InChI=1S/C8H11N3OS2/c1-5(7(12)11-9)14-8-6(13)3-2-4-10-8/h2-5,13H,9H2,1H3,(H,11,12). The number of nitrogens with two attached hydrogens (primary N) is 1. The molecule has 6 heteroatoms. The molecule has 0 aliphatic rings. The van der Waals surface area contributed by atoms with Crippen molar-refractivity contribution in [2.24, 2.45) is 5.84 Å². The van der Waals surface area contributed by atoms with E-state index in [1.54, 1.807) is 19.2 Å². The second kappa shape index (κ2) is 5.23. The van der Waals surface area contributed by atoms with Crippen LogP contribution in [0.25, 0.3) is 0 Å². The van der Waals surface area contributed by atoms with Crippen molar-refractivity contribution in [1.29, 1.82) is 0 Å². The average molecular weight is 229 g/mol. The summed E-state index contributed by atoms with van der Waals surface area (Å²) in [6.45, 7) is 1.76. The summed E-state index contributed by atoms with van der Waals surface area (Å²) in [7, 11) is 0. The number of aromatic nitrogens is 1. The number of carbonyl (C=O) groups is 1. The zero-order chi connectivity index (χ0) is 10.6. The molecule has 1 atom stereocenters. The minimum atomic E-state index is -0.277. The van der Waals surface area contributed by atoms with Gasteiger partial charge in [-0.2, -0.15) is 0 Å². The Hall–Kier alpha value is -0.720. The summed E-state index contributed by atoms with van der Waals surface area (Å²) in [5.74, 6) is 4.78. The summed E-state index contributed by atoms with van der Waals surface area (Å²) in [5.41, 5.74) is 2.09. The van der Waals surface area contributed by atoms with E-state index in [0.717, 1.165) is 9.92 Å². The Balaban J connectivity index is 2.69. The molecule has 0 aromatic carbocycles. The van der Waals surface area contributed by atoms with E-state index in [0.29, 0.717) is 0 Å². The fourth-order valence-electron chi connectivity index (χ4n) is 0.811. The molecule has 1 aromatic rings. The molecule has 14 heavy (non-hydrogen) atoms. The van der Waals surface area contributed by atoms with Crippen molar-refractivity contribution in [1.82, 2.24) is 10.4 Å². The second-order valence-corrected chi connectivity index (χ2v) is 4.41. The first kappa shape index (κ1) is 11.4. The van der Waals surface area contributed by atoms with Crippen LogP contribution in [0.2, 0.25) is 0 Å². The molecule has 3 N–H and O–H groups in total. The molecule has 0 radical (unpaired) electrons. The first-order valence-electron chi connectivity index (χ1n) is 3.96. The maximum absolute atomic E-state index is 11.1. The lowest BCUT2D eigenvalue weighted by Crippen LogP contribution is -2.36. The van der Waals surface area contributed by atoms with Crippen molar-refractivity contribution in [2.75, 3.05) is 0 Å². The molecule has 0 spiro atoms. The van der Waals surface area contributed by atoms with Crippen molar-refractivity contribution in [3.05, 3.63) is 18.3 Å². The molecule has 4 nitrogen and oxygen atoms in total. The van der Waals surface area contributed by atoms with E-state index in [9.17, 15) is 4.79 Å². The molecule has 1 aromatic heterocycles. The summed E-state index contributed by atoms with van der Waals surface area (Å²) in [6.07, 6.45) is 1.66. The molecule has 0 aliphatic heterocycles. The molecule has 0 saturated heterocycles. The first-order chi connectivity index (χ1) is 6.65. The van der Waals surface area contributed by atoms with Gasteiger partial charge in [-0.1, -0.05) is 11.8 Å². The maximum atomic E-state index is 11.1. The molecule has 1 rings (SSSR count). The van der Waals surface area contributed by atoms with Gasteiger partial charge in [-0.25, -0.2) is 10.8 Å². The Bertz CT molecular complexity index is 332. The summed E-state index contributed by atoms with van der Waals surface area (Å²) in [6, 6.07) is 3.62. The van der Waals surface area contributed by atoms with Crippen molar-refractivity contribution in [2.45, 2.75) is 22.1 Å². The molecular weight excluding hydrogens is 218 g/mol. The number of thiol groups is 1. The van der Waals surface area contributed by atoms with E-state index >= 15 is 0 Å². The molecule has 1 heterocycles. The van der Waals surface area contributed by atoms with Crippen molar-refractivity contribution >= 4 is 30.3 Å². The minimum Gasteiger partial charge on any atom is -0.293 e. The minimum absolute atomic E-state index is 0.228. The van der Waals surface area contributed by atoms with Crippen molar-refractivity contribution < 1.29 is 4.79 Å². The van der Waals surface area contributed by atoms with Crippen LogP contribution in [-0.2, 0) is 4.79 Å². The lowest BCUT2D eigenvalue weighted by molar-refractivity contribution is -0.120. The van der Waals surface area contributed by atoms with E-state index in [4.69, 9.17) is 5.84 Å². The highest BCUT2D eigenvalue weighted by Gasteiger charge is 2.14. The number of rotatable bonds is 3. The number of hydrazine groups is 1. The summed E-state index contributed by atoms with van der Waals surface area (Å²) >= 11 is 5.55. The van der Waals surface area contributed by atoms with E-state index in [1.165, 1.54) is 11.8 Å². The van der Waals surface area contributed by atoms with Gasteiger partial charge in [0.2, 0.25) is 5.91 Å². The van der Waals surface area contributed by atoms with Crippen LogP contribution >= 0.6 is 24.4 Å².